The van der Waals surface area contributed by atoms with Gasteiger partial charge in [-0.05, 0) is 58.2 Å². The Hall–Kier alpha value is -2.69. The fourth-order valence-corrected chi connectivity index (χ4v) is 3.59. The van der Waals surface area contributed by atoms with Crippen molar-refractivity contribution in [3.8, 4) is 17.2 Å². The van der Waals surface area contributed by atoms with Crippen LogP contribution in [0.5, 0.6) is 17.2 Å². The summed E-state index contributed by atoms with van der Waals surface area (Å²) >= 11 is 0. The number of allylic oxidation sites excluding steroid dienone is 3. The molecule has 31 heavy (non-hydrogen) atoms. The average Bonchev–Trinajstić information content (AvgIpc) is 2.73. The molecule has 0 fully saturated rings. The van der Waals surface area contributed by atoms with Gasteiger partial charge in [-0.1, -0.05) is 43.4 Å². The first-order chi connectivity index (χ1) is 14.9. The molecule has 1 aromatic carbocycles. The molecule has 0 unspecified atom stereocenters. The Balaban J connectivity index is 2.34. The zero-order valence-corrected chi connectivity index (χ0v) is 19.7. The Kier molecular flexibility index (Phi) is 9.70. The molecular weight excluding hydrogens is 390 g/mol. The summed E-state index contributed by atoms with van der Waals surface area (Å²) < 4.78 is 13.2. The second kappa shape index (κ2) is 12.2. The highest BCUT2D eigenvalue weighted by Gasteiger charge is 2.19. The molecule has 0 atom stereocenters. The van der Waals surface area contributed by atoms with E-state index in [1.807, 2.05) is 6.08 Å². The number of unbranched alkanes of at least 4 members (excludes halogenated alkanes) is 3. The normalized spacial score (nSPS) is 11.6. The monoisotopic (exact) mass is 427 g/mol. The van der Waals surface area contributed by atoms with Crippen molar-refractivity contribution in [1.82, 2.24) is 4.57 Å². The van der Waals surface area contributed by atoms with Crippen LogP contribution in [0, 0.1) is 0 Å². The van der Waals surface area contributed by atoms with Gasteiger partial charge in [0.2, 0.25) is 5.75 Å². The van der Waals surface area contributed by atoms with E-state index in [-0.39, 0.29) is 17.1 Å². The van der Waals surface area contributed by atoms with Crippen molar-refractivity contribution in [2.75, 3.05) is 13.7 Å². The first kappa shape index (κ1) is 24.6. The number of nitrogens with zero attached hydrogens (tertiary/aromatic N) is 1. The summed E-state index contributed by atoms with van der Waals surface area (Å²) in [5.41, 5.74) is 2.98. The molecule has 0 aliphatic rings. The average molecular weight is 428 g/mol. The van der Waals surface area contributed by atoms with Gasteiger partial charge in [-0.2, -0.15) is 0 Å². The number of aromatic hydroxyl groups is 1. The number of aromatic nitrogens is 1. The van der Waals surface area contributed by atoms with Crippen molar-refractivity contribution >= 4 is 10.9 Å². The van der Waals surface area contributed by atoms with E-state index in [2.05, 4.69) is 33.8 Å². The fraction of sp³-hybridized carbons (Fsp3) is 0.500. The lowest BCUT2D eigenvalue weighted by Crippen LogP contribution is -2.23. The molecule has 0 saturated carbocycles. The summed E-state index contributed by atoms with van der Waals surface area (Å²) in [6.07, 6.45) is 10.4. The molecule has 2 aromatic rings. The minimum Gasteiger partial charge on any atom is -0.508 e. The quantitative estimate of drug-likeness (QED) is 0.316. The van der Waals surface area contributed by atoms with Crippen LogP contribution in [0.3, 0.4) is 0 Å². The third-order valence-corrected chi connectivity index (χ3v) is 5.35. The van der Waals surface area contributed by atoms with E-state index in [0.29, 0.717) is 24.4 Å². The fourth-order valence-electron chi connectivity index (χ4n) is 3.59. The summed E-state index contributed by atoms with van der Waals surface area (Å²) in [7, 11) is 1.54. The molecule has 1 N–H and O–H groups in total. The van der Waals surface area contributed by atoms with Gasteiger partial charge < -0.3 is 19.1 Å². The number of benzene rings is 1. The Bertz CT molecular complexity index is 981. The van der Waals surface area contributed by atoms with Crippen LogP contribution in [0.2, 0.25) is 0 Å². The van der Waals surface area contributed by atoms with Crippen molar-refractivity contribution in [3.63, 3.8) is 0 Å². The smallest absolute Gasteiger partial charge is 0.297 e. The van der Waals surface area contributed by atoms with E-state index in [1.165, 1.54) is 11.1 Å². The molecule has 0 amide bonds. The number of fused-ring (bicyclic) bond motifs is 1. The zero-order chi connectivity index (χ0) is 22.8. The van der Waals surface area contributed by atoms with Crippen LogP contribution in [0.1, 0.15) is 66.2 Å². The van der Waals surface area contributed by atoms with Crippen molar-refractivity contribution in [2.45, 2.75) is 72.8 Å². The van der Waals surface area contributed by atoms with Gasteiger partial charge in [-0.25, -0.2) is 0 Å². The lowest BCUT2D eigenvalue weighted by Gasteiger charge is -2.17. The third kappa shape index (κ3) is 6.91. The van der Waals surface area contributed by atoms with E-state index in [0.717, 1.165) is 43.9 Å². The molecule has 0 spiro atoms. The first-order valence-corrected chi connectivity index (χ1v) is 11.2. The summed E-state index contributed by atoms with van der Waals surface area (Å²) in [6, 6.07) is 5.00. The third-order valence-electron chi connectivity index (χ3n) is 5.35. The van der Waals surface area contributed by atoms with Gasteiger partial charge in [0.05, 0.1) is 12.6 Å². The molecule has 1 aromatic heterocycles. The SMILES string of the molecule is CCCCCCn1c(=O)c(OC/C=C(\C)CCC=C(C)C)c(OC)c2ccc(O)cc21. The maximum atomic E-state index is 13.3. The number of aryl methyl sites for hydroxylation is 1. The predicted octanol–water partition coefficient (Wildman–Crippen LogP) is 6.37. The Morgan fingerprint density at radius 2 is 1.87 bits per heavy atom. The number of hydrogen-bond acceptors (Lipinski definition) is 4. The number of rotatable bonds is 12. The summed E-state index contributed by atoms with van der Waals surface area (Å²) in [5.74, 6) is 0.768. The molecule has 0 radical (unpaired) electrons. The van der Waals surface area contributed by atoms with Crippen molar-refractivity contribution < 1.29 is 14.6 Å². The number of hydrogen-bond donors (Lipinski definition) is 1. The van der Waals surface area contributed by atoms with Crippen molar-refractivity contribution in [3.05, 3.63) is 51.9 Å². The van der Waals surface area contributed by atoms with Crippen LogP contribution in [0.4, 0.5) is 0 Å². The van der Waals surface area contributed by atoms with Crippen LogP contribution in [-0.4, -0.2) is 23.4 Å². The second-order valence-electron chi connectivity index (χ2n) is 8.26. The number of pyridine rings is 1. The van der Waals surface area contributed by atoms with Crippen LogP contribution in [0.25, 0.3) is 10.9 Å². The topological polar surface area (TPSA) is 60.7 Å². The van der Waals surface area contributed by atoms with Crippen molar-refractivity contribution in [2.24, 2.45) is 0 Å². The predicted molar refractivity (Wildman–Crippen MR) is 128 cm³/mol. The van der Waals surface area contributed by atoms with Crippen LogP contribution in [0.15, 0.2) is 46.3 Å². The van der Waals surface area contributed by atoms with E-state index < -0.39 is 0 Å². The van der Waals surface area contributed by atoms with Gasteiger partial charge >= 0.3 is 0 Å². The molecule has 0 bridgehead atoms. The van der Waals surface area contributed by atoms with Gasteiger partial charge in [0.15, 0.2) is 5.75 Å². The molecule has 0 aliphatic heterocycles. The van der Waals surface area contributed by atoms with E-state index in [1.54, 1.807) is 29.9 Å². The van der Waals surface area contributed by atoms with Gasteiger partial charge in [0, 0.05) is 18.0 Å². The van der Waals surface area contributed by atoms with E-state index in [4.69, 9.17) is 9.47 Å². The molecule has 5 heteroatoms. The van der Waals surface area contributed by atoms with Gasteiger partial charge in [-0.3, -0.25) is 4.79 Å². The number of phenolic OH excluding ortho intramolecular Hbond substituents is 1. The molecular formula is C26H37NO4. The summed E-state index contributed by atoms with van der Waals surface area (Å²) in [4.78, 5) is 13.3. The lowest BCUT2D eigenvalue weighted by molar-refractivity contribution is 0.320. The van der Waals surface area contributed by atoms with Crippen LogP contribution >= 0.6 is 0 Å². The van der Waals surface area contributed by atoms with Crippen molar-refractivity contribution in [1.29, 1.82) is 0 Å². The van der Waals surface area contributed by atoms with Gasteiger partial charge in [-0.15, -0.1) is 0 Å². The maximum Gasteiger partial charge on any atom is 0.297 e. The first-order valence-electron chi connectivity index (χ1n) is 11.2. The number of methoxy groups -OCH3 is 1. The van der Waals surface area contributed by atoms with Crippen LogP contribution < -0.4 is 15.0 Å². The Labute approximate surface area is 186 Å². The minimum absolute atomic E-state index is 0.125. The summed E-state index contributed by atoms with van der Waals surface area (Å²) in [6.45, 7) is 9.33. The number of phenols is 1. The molecule has 2 rings (SSSR count). The molecule has 0 aliphatic carbocycles. The van der Waals surface area contributed by atoms with E-state index >= 15 is 0 Å². The lowest BCUT2D eigenvalue weighted by atomic mass is 10.1. The van der Waals surface area contributed by atoms with Gasteiger partial charge in [0.25, 0.3) is 5.56 Å². The maximum absolute atomic E-state index is 13.3. The standard InChI is InChI=1S/C26H37NO4/c1-6-7-8-9-16-27-23-18-21(28)13-14-22(23)24(30-5)25(26(27)29)31-17-15-20(4)12-10-11-19(2)3/h11,13-15,18,28H,6-10,12,16-17H2,1-5H3/b20-15+. The Morgan fingerprint density at radius 3 is 2.55 bits per heavy atom. The largest absolute Gasteiger partial charge is 0.508 e. The second-order valence-corrected chi connectivity index (χ2v) is 8.26. The summed E-state index contributed by atoms with van der Waals surface area (Å²) in [5, 5.41) is 10.8. The highest BCUT2D eigenvalue weighted by Crippen LogP contribution is 2.34. The Morgan fingerprint density at radius 1 is 1.10 bits per heavy atom. The van der Waals surface area contributed by atoms with Crippen LogP contribution in [-0.2, 0) is 6.54 Å². The molecule has 5 nitrogen and oxygen atoms in total. The zero-order valence-electron chi connectivity index (χ0n) is 19.7. The minimum atomic E-state index is -0.220. The molecule has 0 saturated heterocycles. The number of ether oxygens (including phenoxy) is 2. The highest BCUT2D eigenvalue weighted by molar-refractivity contribution is 5.89. The highest BCUT2D eigenvalue weighted by atomic mass is 16.5. The van der Waals surface area contributed by atoms with E-state index in [9.17, 15) is 9.90 Å². The molecule has 1 heterocycles. The van der Waals surface area contributed by atoms with Gasteiger partial charge in [0.1, 0.15) is 12.4 Å². The molecule has 170 valence electrons.